The summed E-state index contributed by atoms with van der Waals surface area (Å²) in [5.74, 6) is 0.627. The van der Waals surface area contributed by atoms with Crippen LogP contribution in [0.3, 0.4) is 0 Å². The maximum absolute atomic E-state index is 12.0. The Kier molecular flexibility index (Phi) is 6.94. The van der Waals surface area contributed by atoms with E-state index in [1.165, 1.54) is 19.2 Å². The summed E-state index contributed by atoms with van der Waals surface area (Å²) in [6, 6.07) is 6.28. The minimum absolute atomic E-state index is 0.177. The van der Waals surface area contributed by atoms with Gasteiger partial charge in [-0.25, -0.2) is 13.1 Å². The summed E-state index contributed by atoms with van der Waals surface area (Å²) in [7, 11) is -1.98. The van der Waals surface area contributed by atoms with Gasteiger partial charge in [0.05, 0.1) is 17.6 Å². The van der Waals surface area contributed by atoms with Crippen molar-refractivity contribution in [3.05, 3.63) is 24.3 Å². The lowest BCUT2D eigenvalue weighted by atomic mass is 10.3. The highest BCUT2D eigenvalue weighted by Crippen LogP contribution is 2.16. The Morgan fingerprint density at radius 1 is 1.30 bits per heavy atom. The summed E-state index contributed by atoms with van der Waals surface area (Å²) in [4.78, 5) is 0.201. The smallest absolute Gasteiger partial charge is 0.240 e. The van der Waals surface area contributed by atoms with E-state index in [1.54, 1.807) is 19.1 Å². The van der Waals surface area contributed by atoms with E-state index in [4.69, 9.17) is 15.2 Å². The van der Waals surface area contributed by atoms with Crippen molar-refractivity contribution in [2.45, 2.75) is 24.3 Å². The van der Waals surface area contributed by atoms with Crippen molar-refractivity contribution in [3.8, 4) is 5.75 Å². The van der Waals surface area contributed by atoms with E-state index in [0.29, 0.717) is 18.9 Å². The third kappa shape index (κ3) is 5.46. The van der Waals surface area contributed by atoms with Gasteiger partial charge in [0.2, 0.25) is 10.0 Å². The monoisotopic (exact) mass is 302 g/mol. The molecule has 1 aromatic carbocycles. The van der Waals surface area contributed by atoms with Crippen LogP contribution in [0.2, 0.25) is 0 Å². The minimum atomic E-state index is -3.51. The van der Waals surface area contributed by atoms with Gasteiger partial charge >= 0.3 is 0 Å². The Hall–Kier alpha value is -1.15. The van der Waals surface area contributed by atoms with Gasteiger partial charge in [-0.15, -0.1) is 0 Å². The maximum Gasteiger partial charge on any atom is 0.240 e. The molecule has 0 aliphatic heterocycles. The van der Waals surface area contributed by atoms with Crippen molar-refractivity contribution in [2.24, 2.45) is 5.73 Å². The van der Waals surface area contributed by atoms with Crippen molar-refractivity contribution in [1.82, 2.24) is 4.72 Å². The molecule has 6 nitrogen and oxygen atoms in total. The van der Waals surface area contributed by atoms with Crippen LogP contribution in [0.15, 0.2) is 29.2 Å². The van der Waals surface area contributed by atoms with Gasteiger partial charge in [0, 0.05) is 13.7 Å². The third-order valence-electron chi connectivity index (χ3n) is 2.71. The number of rotatable bonds is 9. The van der Waals surface area contributed by atoms with Crippen LogP contribution in [0.1, 0.15) is 13.3 Å². The van der Waals surface area contributed by atoms with Crippen molar-refractivity contribution < 1.29 is 17.9 Å². The summed E-state index contributed by atoms with van der Waals surface area (Å²) in [5, 5.41) is 0. The number of nitrogens with one attached hydrogen (secondary N) is 1. The van der Waals surface area contributed by atoms with Gasteiger partial charge in [-0.2, -0.15) is 0 Å². The van der Waals surface area contributed by atoms with Crippen LogP contribution in [0.25, 0.3) is 0 Å². The van der Waals surface area contributed by atoms with Gasteiger partial charge in [-0.1, -0.05) is 0 Å². The lowest BCUT2D eigenvalue weighted by molar-refractivity contribution is 0.122. The number of ether oxygens (including phenoxy) is 2. The Bertz CT molecular complexity index is 488. The van der Waals surface area contributed by atoms with Gasteiger partial charge in [0.1, 0.15) is 5.75 Å². The molecule has 0 fully saturated rings. The molecule has 0 bridgehead atoms. The second kappa shape index (κ2) is 8.21. The molecule has 0 spiro atoms. The molecule has 0 heterocycles. The summed E-state index contributed by atoms with van der Waals surface area (Å²) < 4.78 is 36.9. The van der Waals surface area contributed by atoms with E-state index in [9.17, 15) is 8.42 Å². The number of hydrogen-bond acceptors (Lipinski definition) is 5. The first-order chi connectivity index (χ1) is 9.49. The molecule has 3 N–H and O–H groups in total. The molecular weight excluding hydrogens is 280 g/mol. The highest BCUT2D eigenvalue weighted by molar-refractivity contribution is 7.89. The first kappa shape index (κ1) is 16.9. The molecule has 114 valence electrons. The van der Waals surface area contributed by atoms with Crippen molar-refractivity contribution >= 4 is 10.0 Å². The summed E-state index contributed by atoms with van der Waals surface area (Å²) in [5.41, 5.74) is 5.37. The average molecular weight is 302 g/mol. The predicted octanol–water partition coefficient (Wildman–Crippen LogP) is 0.727. The summed E-state index contributed by atoms with van der Waals surface area (Å²) in [6.45, 7) is 3.10. The largest absolute Gasteiger partial charge is 0.494 e. The van der Waals surface area contributed by atoms with E-state index in [0.717, 1.165) is 6.42 Å². The average Bonchev–Trinajstić information content (AvgIpc) is 2.45. The number of benzene rings is 1. The van der Waals surface area contributed by atoms with Crippen LogP contribution in [0.4, 0.5) is 0 Å². The summed E-state index contributed by atoms with van der Waals surface area (Å²) >= 11 is 0. The number of sulfonamides is 1. The Labute approximate surface area is 120 Å². The molecule has 7 heteroatoms. The van der Waals surface area contributed by atoms with Crippen molar-refractivity contribution in [3.63, 3.8) is 0 Å². The van der Waals surface area contributed by atoms with Gasteiger partial charge in [-0.3, -0.25) is 0 Å². The van der Waals surface area contributed by atoms with Gasteiger partial charge in [-0.05, 0) is 44.2 Å². The third-order valence-corrected chi connectivity index (χ3v) is 4.15. The Balaban J connectivity index is 2.62. The lowest BCUT2D eigenvalue weighted by Crippen LogP contribution is -2.31. The molecule has 1 aromatic rings. The number of nitrogens with two attached hydrogens (primary N) is 1. The SMILES string of the molecule is COC(C)CNS(=O)(=O)c1ccc(OCCCN)cc1. The van der Waals surface area contributed by atoms with Crippen LogP contribution in [-0.4, -0.2) is 41.3 Å². The van der Waals surface area contributed by atoms with Crippen LogP contribution in [-0.2, 0) is 14.8 Å². The normalized spacial score (nSPS) is 13.2. The Morgan fingerprint density at radius 2 is 1.95 bits per heavy atom. The number of hydrogen-bond donors (Lipinski definition) is 2. The van der Waals surface area contributed by atoms with E-state index in [-0.39, 0.29) is 17.5 Å². The molecule has 0 aliphatic carbocycles. The zero-order valence-electron chi connectivity index (χ0n) is 11.8. The zero-order valence-corrected chi connectivity index (χ0v) is 12.7. The molecule has 20 heavy (non-hydrogen) atoms. The Morgan fingerprint density at radius 3 is 2.50 bits per heavy atom. The van der Waals surface area contributed by atoms with Crippen LogP contribution in [0, 0.1) is 0 Å². The topological polar surface area (TPSA) is 90.6 Å². The molecule has 0 saturated carbocycles. The predicted molar refractivity (Wildman–Crippen MR) is 77.3 cm³/mol. The second-order valence-electron chi connectivity index (χ2n) is 4.36. The quantitative estimate of drug-likeness (QED) is 0.656. The first-order valence-corrected chi connectivity index (χ1v) is 7.93. The van der Waals surface area contributed by atoms with E-state index >= 15 is 0 Å². The fourth-order valence-electron chi connectivity index (χ4n) is 1.38. The molecule has 0 aromatic heterocycles. The van der Waals surface area contributed by atoms with Crippen LogP contribution >= 0.6 is 0 Å². The molecule has 1 unspecified atom stereocenters. The van der Waals surface area contributed by atoms with Gasteiger partial charge in [0.25, 0.3) is 0 Å². The lowest BCUT2D eigenvalue weighted by Gasteiger charge is -2.12. The van der Waals surface area contributed by atoms with Gasteiger partial charge in [0.15, 0.2) is 0 Å². The van der Waals surface area contributed by atoms with Crippen molar-refractivity contribution in [1.29, 1.82) is 0 Å². The molecule has 1 rings (SSSR count). The van der Waals surface area contributed by atoms with Crippen LogP contribution < -0.4 is 15.2 Å². The van der Waals surface area contributed by atoms with Gasteiger partial charge < -0.3 is 15.2 Å². The second-order valence-corrected chi connectivity index (χ2v) is 6.13. The van der Waals surface area contributed by atoms with E-state index in [2.05, 4.69) is 4.72 Å². The zero-order chi connectivity index (χ0) is 15.0. The maximum atomic E-state index is 12.0. The summed E-state index contributed by atoms with van der Waals surface area (Å²) in [6.07, 6.45) is 0.583. The van der Waals surface area contributed by atoms with Crippen molar-refractivity contribution in [2.75, 3.05) is 26.8 Å². The van der Waals surface area contributed by atoms with E-state index in [1.807, 2.05) is 0 Å². The minimum Gasteiger partial charge on any atom is -0.494 e. The standard InChI is InChI=1S/C13H22N2O4S/c1-11(18-2)10-15-20(16,17)13-6-4-12(5-7-13)19-9-3-8-14/h4-7,11,15H,3,8-10,14H2,1-2H3. The molecule has 0 saturated heterocycles. The molecular formula is C13H22N2O4S. The molecule has 1 atom stereocenters. The molecule has 0 radical (unpaired) electrons. The van der Waals surface area contributed by atoms with Crippen LogP contribution in [0.5, 0.6) is 5.75 Å². The fraction of sp³-hybridized carbons (Fsp3) is 0.538. The highest BCUT2D eigenvalue weighted by atomic mass is 32.2. The molecule has 0 aliphatic rings. The number of methoxy groups -OCH3 is 1. The van der Waals surface area contributed by atoms with E-state index < -0.39 is 10.0 Å². The molecule has 0 amide bonds. The fourth-order valence-corrected chi connectivity index (χ4v) is 2.50. The highest BCUT2D eigenvalue weighted by Gasteiger charge is 2.14. The first-order valence-electron chi connectivity index (χ1n) is 6.45.